The zero-order valence-electron chi connectivity index (χ0n) is 10.4. The summed E-state index contributed by atoms with van der Waals surface area (Å²) < 4.78 is 6.32. The molecule has 0 saturated carbocycles. The minimum Gasteiger partial charge on any atom is -0.497 e. The summed E-state index contributed by atoms with van der Waals surface area (Å²) in [5, 5.41) is 0. The van der Waals surface area contributed by atoms with Crippen molar-refractivity contribution in [3.05, 3.63) is 50.1 Å². The monoisotopic (exact) mass is 325 g/mol. The second-order valence-corrected chi connectivity index (χ2v) is 6.39. The number of methoxy groups -OCH3 is 1. The van der Waals surface area contributed by atoms with Gasteiger partial charge in [0.25, 0.3) is 0 Å². The van der Waals surface area contributed by atoms with Crippen LogP contribution in [0.2, 0.25) is 0 Å². The summed E-state index contributed by atoms with van der Waals surface area (Å²) in [6.45, 7) is 2.10. The summed E-state index contributed by atoms with van der Waals surface area (Å²) in [4.78, 5) is 2.52. The second kappa shape index (κ2) is 5.87. The third-order valence-electron chi connectivity index (χ3n) is 2.82. The molecule has 1 atom stereocenters. The van der Waals surface area contributed by atoms with Crippen LogP contribution in [0.1, 0.15) is 21.4 Å². The average Bonchev–Trinajstić information content (AvgIpc) is 2.79. The first kappa shape index (κ1) is 13.6. The van der Waals surface area contributed by atoms with E-state index in [0.717, 1.165) is 16.6 Å². The van der Waals surface area contributed by atoms with Gasteiger partial charge in [-0.3, -0.25) is 0 Å². The molecule has 1 aromatic heterocycles. The van der Waals surface area contributed by atoms with Crippen molar-refractivity contribution in [3.8, 4) is 5.75 Å². The van der Waals surface area contributed by atoms with E-state index >= 15 is 0 Å². The molecule has 1 unspecified atom stereocenters. The Morgan fingerprint density at radius 2 is 2.11 bits per heavy atom. The van der Waals surface area contributed by atoms with E-state index in [2.05, 4.69) is 35.0 Å². The molecule has 0 fully saturated rings. The van der Waals surface area contributed by atoms with E-state index in [4.69, 9.17) is 10.5 Å². The topological polar surface area (TPSA) is 35.2 Å². The molecule has 2 nitrogen and oxygen atoms in total. The van der Waals surface area contributed by atoms with Crippen LogP contribution in [-0.2, 0) is 6.42 Å². The van der Waals surface area contributed by atoms with E-state index in [-0.39, 0.29) is 6.04 Å². The van der Waals surface area contributed by atoms with Gasteiger partial charge in [0.15, 0.2) is 0 Å². The Morgan fingerprint density at radius 3 is 2.72 bits per heavy atom. The highest BCUT2D eigenvalue weighted by molar-refractivity contribution is 9.10. The van der Waals surface area contributed by atoms with Crippen LogP contribution in [-0.4, -0.2) is 7.11 Å². The minimum atomic E-state index is 0.0344. The van der Waals surface area contributed by atoms with E-state index in [9.17, 15) is 0 Å². The molecule has 1 heterocycles. The van der Waals surface area contributed by atoms with Gasteiger partial charge in [-0.25, -0.2) is 0 Å². The third kappa shape index (κ3) is 3.13. The van der Waals surface area contributed by atoms with Gasteiger partial charge in [0.1, 0.15) is 5.75 Å². The van der Waals surface area contributed by atoms with Crippen molar-refractivity contribution >= 4 is 27.3 Å². The fourth-order valence-electron chi connectivity index (χ4n) is 1.82. The summed E-state index contributed by atoms with van der Waals surface area (Å²) >= 11 is 5.32. The predicted octanol–water partition coefficient (Wildman–Crippen LogP) is 4.07. The van der Waals surface area contributed by atoms with Gasteiger partial charge in [-0.05, 0) is 49.2 Å². The predicted molar refractivity (Wildman–Crippen MR) is 80.4 cm³/mol. The van der Waals surface area contributed by atoms with E-state index in [1.165, 1.54) is 15.3 Å². The van der Waals surface area contributed by atoms with E-state index < -0.39 is 0 Å². The van der Waals surface area contributed by atoms with Gasteiger partial charge in [-0.2, -0.15) is 0 Å². The molecule has 0 aliphatic rings. The Kier molecular flexibility index (Phi) is 4.43. The van der Waals surface area contributed by atoms with Gasteiger partial charge in [0.05, 0.1) is 7.11 Å². The van der Waals surface area contributed by atoms with Crippen LogP contribution in [0.15, 0.2) is 34.8 Å². The number of rotatable bonds is 4. The summed E-state index contributed by atoms with van der Waals surface area (Å²) in [5.41, 5.74) is 7.42. The Balaban J connectivity index is 2.18. The lowest BCUT2D eigenvalue weighted by molar-refractivity contribution is 0.414. The molecule has 18 heavy (non-hydrogen) atoms. The molecular formula is C14H16BrNOS. The van der Waals surface area contributed by atoms with Crippen LogP contribution in [0, 0.1) is 6.92 Å². The first-order chi connectivity index (χ1) is 8.60. The quantitative estimate of drug-likeness (QED) is 0.919. The van der Waals surface area contributed by atoms with E-state index in [1.807, 2.05) is 18.2 Å². The van der Waals surface area contributed by atoms with Gasteiger partial charge in [0, 0.05) is 20.3 Å². The fraction of sp³-hybridized carbons (Fsp3) is 0.286. The van der Waals surface area contributed by atoms with Crippen LogP contribution < -0.4 is 10.5 Å². The lowest BCUT2D eigenvalue weighted by atomic mass is 10.1. The van der Waals surface area contributed by atoms with Crippen LogP contribution in [0.3, 0.4) is 0 Å². The number of nitrogens with two attached hydrogens (primary N) is 1. The lowest BCUT2D eigenvalue weighted by Crippen LogP contribution is -2.12. The van der Waals surface area contributed by atoms with Crippen LogP contribution in [0.25, 0.3) is 0 Å². The van der Waals surface area contributed by atoms with Crippen LogP contribution in [0.5, 0.6) is 5.75 Å². The van der Waals surface area contributed by atoms with Crippen molar-refractivity contribution in [2.75, 3.05) is 7.11 Å². The molecule has 0 aliphatic heterocycles. The molecule has 2 N–H and O–H groups in total. The van der Waals surface area contributed by atoms with Gasteiger partial charge in [-0.15, -0.1) is 11.3 Å². The summed E-state index contributed by atoms with van der Waals surface area (Å²) in [7, 11) is 1.68. The smallest absolute Gasteiger partial charge is 0.119 e. The molecule has 0 radical (unpaired) electrons. The number of ether oxygens (including phenoxy) is 1. The molecule has 0 spiro atoms. The molecule has 96 valence electrons. The fourth-order valence-corrected chi connectivity index (χ4v) is 3.11. The van der Waals surface area contributed by atoms with E-state index in [1.54, 1.807) is 18.4 Å². The van der Waals surface area contributed by atoms with Crippen molar-refractivity contribution in [3.63, 3.8) is 0 Å². The van der Waals surface area contributed by atoms with Crippen molar-refractivity contribution in [1.29, 1.82) is 0 Å². The summed E-state index contributed by atoms with van der Waals surface area (Å²) in [6, 6.07) is 10.2. The average molecular weight is 326 g/mol. The number of hydrogen-bond donors (Lipinski definition) is 1. The maximum atomic E-state index is 6.25. The molecule has 1 aromatic carbocycles. The number of halogens is 1. The summed E-state index contributed by atoms with van der Waals surface area (Å²) in [6.07, 6.45) is 0.803. The maximum Gasteiger partial charge on any atom is 0.119 e. The van der Waals surface area contributed by atoms with Gasteiger partial charge < -0.3 is 10.5 Å². The SMILES string of the molecule is COc1ccc(Br)c(CC(N)c2ccc(C)s2)c1. The highest BCUT2D eigenvalue weighted by Crippen LogP contribution is 2.29. The molecule has 0 amide bonds. The Bertz CT molecular complexity index is 538. The third-order valence-corrected chi connectivity index (χ3v) is 4.73. The standard InChI is InChI=1S/C14H16BrNOS/c1-9-3-6-14(18-9)13(16)8-10-7-11(17-2)4-5-12(10)15/h3-7,13H,8,16H2,1-2H3. The Hall–Kier alpha value is -0.840. The first-order valence-corrected chi connectivity index (χ1v) is 7.35. The molecule has 0 saturated heterocycles. The van der Waals surface area contributed by atoms with E-state index in [0.29, 0.717) is 0 Å². The van der Waals surface area contributed by atoms with Crippen molar-refractivity contribution in [1.82, 2.24) is 0 Å². The molecule has 2 rings (SSSR count). The summed E-state index contributed by atoms with van der Waals surface area (Å²) in [5.74, 6) is 0.864. The molecule has 0 aliphatic carbocycles. The van der Waals surface area contributed by atoms with Crippen molar-refractivity contribution < 1.29 is 4.74 Å². The second-order valence-electron chi connectivity index (χ2n) is 4.22. The molecule has 0 bridgehead atoms. The molecule has 2 aromatic rings. The largest absolute Gasteiger partial charge is 0.497 e. The Morgan fingerprint density at radius 1 is 1.33 bits per heavy atom. The number of hydrogen-bond acceptors (Lipinski definition) is 3. The maximum absolute atomic E-state index is 6.25. The number of thiophene rings is 1. The Labute approximate surface area is 120 Å². The van der Waals surface area contributed by atoms with Crippen molar-refractivity contribution in [2.24, 2.45) is 5.73 Å². The van der Waals surface area contributed by atoms with Gasteiger partial charge >= 0.3 is 0 Å². The molecular weight excluding hydrogens is 310 g/mol. The number of benzene rings is 1. The highest BCUT2D eigenvalue weighted by atomic mass is 79.9. The van der Waals surface area contributed by atoms with Gasteiger partial charge in [-0.1, -0.05) is 15.9 Å². The minimum absolute atomic E-state index is 0.0344. The lowest BCUT2D eigenvalue weighted by Gasteiger charge is -2.12. The number of aryl methyl sites for hydroxylation is 1. The van der Waals surface area contributed by atoms with Crippen LogP contribution >= 0.6 is 27.3 Å². The first-order valence-electron chi connectivity index (χ1n) is 5.74. The normalized spacial score (nSPS) is 12.4. The van der Waals surface area contributed by atoms with Crippen molar-refractivity contribution in [2.45, 2.75) is 19.4 Å². The highest BCUT2D eigenvalue weighted by Gasteiger charge is 2.12. The van der Waals surface area contributed by atoms with Crippen LogP contribution in [0.4, 0.5) is 0 Å². The zero-order chi connectivity index (χ0) is 13.1. The zero-order valence-corrected chi connectivity index (χ0v) is 12.8. The molecule has 4 heteroatoms. The van der Waals surface area contributed by atoms with Gasteiger partial charge in [0.2, 0.25) is 0 Å².